The van der Waals surface area contributed by atoms with Gasteiger partial charge in [0, 0.05) is 11.3 Å². The molecule has 1 saturated heterocycles. The van der Waals surface area contributed by atoms with E-state index in [1.54, 1.807) is 4.68 Å². The van der Waals surface area contributed by atoms with Crippen LogP contribution < -0.4 is 5.32 Å². The van der Waals surface area contributed by atoms with Crippen molar-refractivity contribution in [2.75, 3.05) is 16.8 Å². The SMILES string of the molecule is O=C(Nc1ccccc1)c1c2c(nn1[C@H]1CCS(=O)(=O)C1)CCC2. The molecule has 4 rings (SSSR count). The van der Waals surface area contributed by atoms with Crippen molar-refractivity contribution in [2.45, 2.75) is 31.7 Å². The quantitative estimate of drug-likeness (QED) is 0.922. The van der Waals surface area contributed by atoms with Crippen molar-refractivity contribution < 1.29 is 13.2 Å². The van der Waals surface area contributed by atoms with E-state index in [0.29, 0.717) is 12.1 Å². The number of hydrogen-bond donors (Lipinski definition) is 1. The summed E-state index contributed by atoms with van der Waals surface area (Å²) in [5.41, 5.74) is 3.18. The molecule has 0 saturated carbocycles. The van der Waals surface area contributed by atoms with Gasteiger partial charge < -0.3 is 5.32 Å². The third-order valence-corrected chi connectivity index (χ3v) is 6.48. The van der Waals surface area contributed by atoms with Crippen LogP contribution in [-0.2, 0) is 22.7 Å². The van der Waals surface area contributed by atoms with Gasteiger partial charge in [0.1, 0.15) is 5.69 Å². The Morgan fingerprint density at radius 2 is 2.00 bits per heavy atom. The van der Waals surface area contributed by atoms with Crippen molar-refractivity contribution in [2.24, 2.45) is 0 Å². The number of hydrogen-bond acceptors (Lipinski definition) is 4. The first-order valence-corrected chi connectivity index (χ1v) is 10.0. The second-order valence-corrected chi connectivity index (χ2v) is 8.68. The molecule has 1 amide bonds. The number of carbonyl (C=O) groups is 1. The zero-order valence-electron chi connectivity index (χ0n) is 13.2. The second-order valence-electron chi connectivity index (χ2n) is 6.45. The van der Waals surface area contributed by atoms with Crippen LogP contribution in [-0.4, -0.2) is 35.6 Å². The summed E-state index contributed by atoms with van der Waals surface area (Å²) in [5.74, 6) is 0.0299. The highest BCUT2D eigenvalue weighted by Gasteiger charge is 2.35. The van der Waals surface area contributed by atoms with E-state index < -0.39 is 9.84 Å². The summed E-state index contributed by atoms with van der Waals surface area (Å²) in [4.78, 5) is 12.9. The number of rotatable bonds is 3. The third kappa shape index (κ3) is 2.73. The van der Waals surface area contributed by atoms with Gasteiger partial charge in [0.25, 0.3) is 5.91 Å². The molecule has 126 valence electrons. The summed E-state index contributed by atoms with van der Waals surface area (Å²) in [6, 6.07) is 9.04. The fourth-order valence-electron chi connectivity index (χ4n) is 3.60. The van der Waals surface area contributed by atoms with Crippen LogP contribution in [0.3, 0.4) is 0 Å². The number of para-hydroxylation sites is 1. The molecule has 1 aromatic heterocycles. The van der Waals surface area contributed by atoms with Crippen molar-refractivity contribution in [3.05, 3.63) is 47.3 Å². The first-order chi connectivity index (χ1) is 11.5. The predicted molar refractivity (Wildman–Crippen MR) is 91.0 cm³/mol. The van der Waals surface area contributed by atoms with E-state index >= 15 is 0 Å². The number of nitrogens with zero attached hydrogens (tertiary/aromatic N) is 2. The zero-order chi connectivity index (χ0) is 16.7. The standard InChI is InChI=1S/C17H19N3O3S/c21-17(18-12-5-2-1-3-6-12)16-14-7-4-8-15(14)19-20(16)13-9-10-24(22,23)11-13/h1-3,5-6,13H,4,7-11H2,(H,18,21)/t13-/m0/s1. The fraction of sp³-hybridized carbons (Fsp3) is 0.412. The molecular weight excluding hydrogens is 326 g/mol. The normalized spacial score (nSPS) is 21.6. The fourth-order valence-corrected chi connectivity index (χ4v) is 5.29. The lowest BCUT2D eigenvalue weighted by Crippen LogP contribution is -2.23. The van der Waals surface area contributed by atoms with E-state index in [2.05, 4.69) is 10.4 Å². The molecule has 2 aliphatic rings. The van der Waals surface area contributed by atoms with Crippen molar-refractivity contribution >= 4 is 21.4 Å². The van der Waals surface area contributed by atoms with Crippen molar-refractivity contribution in [1.29, 1.82) is 0 Å². The highest BCUT2D eigenvalue weighted by Crippen LogP contribution is 2.31. The van der Waals surface area contributed by atoms with Gasteiger partial charge in [-0.25, -0.2) is 8.42 Å². The van der Waals surface area contributed by atoms with Crippen molar-refractivity contribution in [3.8, 4) is 0 Å². The van der Waals surface area contributed by atoms with Crippen LogP contribution in [0.25, 0.3) is 0 Å². The maximum Gasteiger partial charge on any atom is 0.274 e. The Balaban J connectivity index is 1.70. The molecule has 7 heteroatoms. The minimum absolute atomic E-state index is 0.0686. The second kappa shape index (κ2) is 5.73. The molecule has 1 atom stereocenters. The number of aromatic nitrogens is 2. The lowest BCUT2D eigenvalue weighted by Gasteiger charge is -2.14. The topological polar surface area (TPSA) is 81.1 Å². The maximum absolute atomic E-state index is 12.9. The van der Waals surface area contributed by atoms with Crippen LogP contribution in [0.2, 0.25) is 0 Å². The van der Waals surface area contributed by atoms with Gasteiger partial charge in [0.2, 0.25) is 0 Å². The molecule has 24 heavy (non-hydrogen) atoms. The summed E-state index contributed by atoms with van der Waals surface area (Å²) in [5, 5.41) is 7.50. The van der Waals surface area contributed by atoms with Crippen molar-refractivity contribution in [3.63, 3.8) is 0 Å². The molecule has 1 aliphatic carbocycles. The number of fused-ring (bicyclic) bond motifs is 1. The lowest BCUT2D eigenvalue weighted by atomic mass is 10.1. The number of anilines is 1. The van der Waals surface area contributed by atoms with Gasteiger partial charge in [-0.05, 0) is 37.8 Å². The number of aryl methyl sites for hydroxylation is 1. The van der Waals surface area contributed by atoms with E-state index in [-0.39, 0.29) is 23.5 Å². The predicted octanol–water partition coefficient (Wildman–Crippen LogP) is 1.98. The minimum atomic E-state index is -3.03. The summed E-state index contributed by atoms with van der Waals surface area (Å²) in [7, 11) is -3.03. The Kier molecular flexibility index (Phi) is 3.68. The van der Waals surface area contributed by atoms with Gasteiger partial charge in [-0.2, -0.15) is 5.10 Å². The first kappa shape index (κ1) is 15.4. The monoisotopic (exact) mass is 345 g/mol. The van der Waals surface area contributed by atoms with E-state index in [9.17, 15) is 13.2 Å². The molecule has 1 N–H and O–H groups in total. The van der Waals surface area contributed by atoms with Gasteiger partial charge in [0.05, 0.1) is 23.2 Å². The molecule has 0 radical (unpaired) electrons. The number of sulfone groups is 1. The molecule has 2 heterocycles. The molecular formula is C17H19N3O3S. The summed E-state index contributed by atoms with van der Waals surface area (Å²) < 4.78 is 25.3. The third-order valence-electron chi connectivity index (χ3n) is 4.73. The molecule has 0 bridgehead atoms. The van der Waals surface area contributed by atoms with E-state index in [1.165, 1.54) is 0 Å². The van der Waals surface area contributed by atoms with Gasteiger partial charge >= 0.3 is 0 Å². The number of nitrogens with one attached hydrogen (secondary N) is 1. The zero-order valence-corrected chi connectivity index (χ0v) is 14.1. The summed E-state index contributed by atoms with van der Waals surface area (Å²) in [6.07, 6.45) is 3.20. The highest BCUT2D eigenvalue weighted by molar-refractivity contribution is 7.91. The average Bonchev–Trinajstić information content (AvgIpc) is 3.21. The van der Waals surface area contributed by atoms with Gasteiger partial charge in [0.15, 0.2) is 9.84 Å². The minimum Gasteiger partial charge on any atom is -0.321 e. The Labute approximate surface area is 140 Å². The van der Waals surface area contributed by atoms with Crippen LogP contribution >= 0.6 is 0 Å². The number of carbonyl (C=O) groups excluding carboxylic acids is 1. The molecule has 0 spiro atoms. The molecule has 2 aromatic rings. The van der Waals surface area contributed by atoms with E-state index in [4.69, 9.17) is 0 Å². The maximum atomic E-state index is 12.9. The Hall–Kier alpha value is -2.15. The van der Waals surface area contributed by atoms with Crippen LogP contribution in [0, 0.1) is 0 Å². The van der Waals surface area contributed by atoms with E-state index in [0.717, 1.165) is 36.2 Å². The Morgan fingerprint density at radius 1 is 1.21 bits per heavy atom. The Morgan fingerprint density at radius 3 is 2.71 bits per heavy atom. The molecule has 1 fully saturated rings. The van der Waals surface area contributed by atoms with E-state index in [1.807, 2.05) is 30.3 Å². The van der Waals surface area contributed by atoms with Crippen LogP contribution in [0.15, 0.2) is 30.3 Å². The van der Waals surface area contributed by atoms with Gasteiger partial charge in [-0.3, -0.25) is 9.48 Å². The molecule has 0 unspecified atom stereocenters. The molecule has 1 aliphatic heterocycles. The van der Waals surface area contributed by atoms with Gasteiger partial charge in [-0.15, -0.1) is 0 Å². The molecule has 6 nitrogen and oxygen atoms in total. The van der Waals surface area contributed by atoms with Gasteiger partial charge in [-0.1, -0.05) is 18.2 Å². The largest absolute Gasteiger partial charge is 0.321 e. The lowest BCUT2D eigenvalue weighted by molar-refractivity contribution is 0.101. The average molecular weight is 345 g/mol. The van der Waals surface area contributed by atoms with Crippen LogP contribution in [0.5, 0.6) is 0 Å². The van der Waals surface area contributed by atoms with Crippen molar-refractivity contribution in [1.82, 2.24) is 9.78 Å². The summed E-state index contributed by atoms with van der Waals surface area (Å²) >= 11 is 0. The molecule has 1 aromatic carbocycles. The smallest absolute Gasteiger partial charge is 0.274 e. The highest BCUT2D eigenvalue weighted by atomic mass is 32.2. The first-order valence-electron chi connectivity index (χ1n) is 8.20. The Bertz CT molecular complexity index is 887. The van der Waals surface area contributed by atoms with Crippen LogP contribution in [0.4, 0.5) is 5.69 Å². The number of benzene rings is 1. The summed E-state index contributed by atoms with van der Waals surface area (Å²) in [6.45, 7) is 0. The number of amides is 1. The van der Waals surface area contributed by atoms with Crippen LogP contribution in [0.1, 0.15) is 40.6 Å².